The van der Waals surface area contributed by atoms with Crippen molar-refractivity contribution in [1.82, 2.24) is 5.32 Å². The van der Waals surface area contributed by atoms with Crippen molar-refractivity contribution >= 4 is 11.6 Å². The number of rotatable bonds is 4. The first kappa shape index (κ1) is 12.6. The molecule has 0 bridgehead atoms. The molecule has 0 atom stereocenters. The Morgan fingerprint density at radius 3 is 2.63 bits per heavy atom. The highest BCUT2D eigenvalue weighted by Crippen LogP contribution is 2.31. The molecule has 3 heteroatoms. The highest BCUT2D eigenvalue weighted by molar-refractivity contribution is 6.33. The molecule has 1 aliphatic rings. The monoisotopic (exact) mass is 275 g/mol. The third kappa shape index (κ3) is 2.96. The second-order valence-corrected chi connectivity index (χ2v) is 5.34. The Balaban J connectivity index is 1.93. The Kier molecular flexibility index (Phi) is 3.54. The van der Waals surface area contributed by atoms with E-state index in [1.807, 2.05) is 18.2 Å². The number of hydrogen-bond donors (Lipinski definition) is 1. The molecule has 19 heavy (non-hydrogen) atoms. The van der Waals surface area contributed by atoms with Crippen molar-refractivity contribution in [3.63, 3.8) is 0 Å². The lowest BCUT2D eigenvalue weighted by atomic mass is 9.99. The zero-order valence-electron chi connectivity index (χ0n) is 10.5. The van der Waals surface area contributed by atoms with E-state index >= 15 is 0 Å². The van der Waals surface area contributed by atoms with Gasteiger partial charge in [-0.05, 0) is 42.2 Å². The van der Waals surface area contributed by atoms with E-state index < -0.39 is 0 Å². The molecule has 1 saturated carbocycles. The lowest BCUT2D eigenvalue weighted by molar-refractivity contribution is 0.628. The molecular weight excluding hydrogens is 261 g/mol. The van der Waals surface area contributed by atoms with Crippen molar-refractivity contribution in [1.29, 1.82) is 0 Å². The zero-order chi connectivity index (χ0) is 13.2. The van der Waals surface area contributed by atoms with E-state index in [4.69, 9.17) is 11.6 Å². The molecule has 2 aromatic carbocycles. The maximum atomic E-state index is 13.1. The van der Waals surface area contributed by atoms with E-state index in [9.17, 15) is 4.39 Å². The Labute approximate surface area is 117 Å². The molecule has 0 radical (unpaired) electrons. The molecule has 0 amide bonds. The van der Waals surface area contributed by atoms with Crippen molar-refractivity contribution in [3.8, 4) is 11.1 Å². The number of hydrogen-bond acceptors (Lipinski definition) is 1. The topological polar surface area (TPSA) is 12.0 Å². The summed E-state index contributed by atoms with van der Waals surface area (Å²) in [4.78, 5) is 0. The molecule has 1 nitrogen and oxygen atoms in total. The van der Waals surface area contributed by atoms with Gasteiger partial charge < -0.3 is 5.32 Å². The maximum Gasteiger partial charge on any atom is 0.124 e. The molecule has 0 aromatic heterocycles. The third-order valence-electron chi connectivity index (χ3n) is 3.40. The quantitative estimate of drug-likeness (QED) is 0.872. The summed E-state index contributed by atoms with van der Waals surface area (Å²) in [5.41, 5.74) is 3.15. The van der Waals surface area contributed by atoms with Crippen molar-refractivity contribution in [2.75, 3.05) is 0 Å². The standard InChI is InChI=1S/C16H15ClFN/c17-16-9-12(18)5-8-15(16)14-4-2-1-3-11(14)10-19-13-6-7-13/h1-5,8-9,13,19H,6-7,10H2. The smallest absolute Gasteiger partial charge is 0.124 e. The average Bonchev–Trinajstić information content (AvgIpc) is 3.21. The second-order valence-electron chi connectivity index (χ2n) is 4.94. The van der Waals surface area contributed by atoms with Crippen LogP contribution in [0.5, 0.6) is 0 Å². The molecular formula is C16H15ClFN. The second kappa shape index (κ2) is 5.32. The number of halogens is 2. The summed E-state index contributed by atoms with van der Waals surface area (Å²) >= 11 is 6.15. The van der Waals surface area contributed by atoms with Gasteiger partial charge in [0.1, 0.15) is 5.82 Å². The van der Waals surface area contributed by atoms with Crippen LogP contribution in [0.3, 0.4) is 0 Å². The molecule has 0 saturated heterocycles. The van der Waals surface area contributed by atoms with Gasteiger partial charge >= 0.3 is 0 Å². The number of nitrogens with one attached hydrogen (secondary N) is 1. The first-order valence-electron chi connectivity index (χ1n) is 6.51. The number of benzene rings is 2. The Morgan fingerprint density at radius 1 is 1.11 bits per heavy atom. The van der Waals surface area contributed by atoms with Crippen LogP contribution < -0.4 is 5.32 Å². The highest BCUT2D eigenvalue weighted by Gasteiger charge is 2.20. The van der Waals surface area contributed by atoms with E-state index in [1.165, 1.54) is 30.5 Å². The maximum absolute atomic E-state index is 13.1. The minimum Gasteiger partial charge on any atom is -0.310 e. The minimum absolute atomic E-state index is 0.303. The van der Waals surface area contributed by atoms with Crippen LogP contribution in [-0.2, 0) is 6.54 Å². The first-order chi connectivity index (χ1) is 9.24. The van der Waals surface area contributed by atoms with Gasteiger partial charge in [-0.3, -0.25) is 0 Å². The zero-order valence-corrected chi connectivity index (χ0v) is 11.3. The summed E-state index contributed by atoms with van der Waals surface area (Å²) in [5, 5.41) is 3.95. The molecule has 3 rings (SSSR count). The van der Waals surface area contributed by atoms with Gasteiger partial charge in [-0.1, -0.05) is 35.9 Å². The summed E-state index contributed by atoms with van der Waals surface area (Å²) < 4.78 is 13.1. The highest BCUT2D eigenvalue weighted by atomic mass is 35.5. The summed E-state index contributed by atoms with van der Waals surface area (Å²) in [5.74, 6) is -0.303. The van der Waals surface area contributed by atoms with Crippen LogP contribution in [0, 0.1) is 5.82 Å². The van der Waals surface area contributed by atoms with Crippen LogP contribution in [-0.4, -0.2) is 6.04 Å². The summed E-state index contributed by atoms with van der Waals surface area (Å²) in [6.07, 6.45) is 2.53. The van der Waals surface area contributed by atoms with E-state index in [1.54, 1.807) is 6.07 Å². The lowest BCUT2D eigenvalue weighted by Crippen LogP contribution is -2.15. The molecule has 1 N–H and O–H groups in total. The van der Waals surface area contributed by atoms with Crippen LogP contribution in [0.1, 0.15) is 18.4 Å². The van der Waals surface area contributed by atoms with Crippen molar-refractivity contribution in [3.05, 3.63) is 58.9 Å². The van der Waals surface area contributed by atoms with Crippen LogP contribution in [0.4, 0.5) is 4.39 Å². The van der Waals surface area contributed by atoms with Crippen LogP contribution in [0.25, 0.3) is 11.1 Å². The normalized spacial score (nSPS) is 14.6. The van der Waals surface area contributed by atoms with Gasteiger partial charge in [0.15, 0.2) is 0 Å². The van der Waals surface area contributed by atoms with Gasteiger partial charge in [-0.2, -0.15) is 0 Å². The SMILES string of the molecule is Fc1ccc(-c2ccccc2CNC2CC2)c(Cl)c1. The van der Waals surface area contributed by atoms with Gasteiger partial charge in [0.25, 0.3) is 0 Å². The van der Waals surface area contributed by atoms with Gasteiger partial charge in [0.05, 0.1) is 5.02 Å². The van der Waals surface area contributed by atoms with Crippen LogP contribution >= 0.6 is 11.6 Å². The Hall–Kier alpha value is -1.38. The minimum atomic E-state index is -0.303. The van der Waals surface area contributed by atoms with Gasteiger partial charge in [0, 0.05) is 18.2 Å². The van der Waals surface area contributed by atoms with E-state index in [2.05, 4.69) is 11.4 Å². The predicted molar refractivity (Wildman–Crippen MR) is 76.7 cm³/mol. The molecule has 0 unspecified atom stereocenters. The first-order valence-corrected chi connectivity index (χ1v) is 6.88. The fraction of sp³-hybridized carbons (Fsp3) is 0.250. The van der Waals surface area contributed by atoms with Crippen molar-refractivity contribution in [2.24, 2.45) is 0 Å². The van der Waals surface area contributed by atoms with Crippen molar-refractivity contribution in [2.45, 2.75) is 25.4 Å². The fourth-order valence-corrected chi connectivity index (χ4v) is 2.46. The van der Waals surface area contributed by atoms with Gasteiger partial charge in [-0.15, -0.1) is 0 Å². The third-order valence-corrected chi connectivity index (χ3v) is 3.71. The summed E-state index contributed by atoms with van der Waals surface area (Å²) in [6.45, 7) is 0.828. The largest absolute Gasteiger partial charge is 0.310 e. The molecule has 98 valence electrons. The summed E-state index contributed by atoms with van der Waals surface area (Å²) in [7, 11) is 0. The Bertz CT molecular complexity index is 593. The van der Waals surface area contributed by atoms with E-state index in [-0.39, 0.29) is 5.82 Å². The Morgan fingerprint density at radius 2 is 1.89 bits per heavy atom. The van der Waals surface area contributed by atoms with Crippen LogP contribution in [0.2, 0.25) is 5.02 Å². The molecule has 0 spiro atoms. The van der Waals surface area contributed by atoms with E-state index in [0.29, 0.717) is 11.1 Å². The van der Waals surface area contributed by atoms with Gasteiger partial charge in [0.2, 0.25) is 0 Å². The average molecular weight is 276 g/mol. The van der Waals surface area contributed by atoms with E-state index in [0.717, 1.165) is 17.7 Å². The molecule has 0 aliphatic heterocycles. The molecule has 1 aliphatic carbocycles. The molecule has 1 fully saturated rings. The molecule has 2 aromatic rings. The summed E-state index contributed by atoms with van der Waals surface area (Å²) in [6, 6.07) is 13.3. The predicted octanol–water partition coefficient (Wildman–Crippen LogP) is 4.40. The fourth-order valence-electron chi connectivity index (χ4n) is 2.19. The van der Waals surface area contributed by atoms with Crippen molar-refractivity contribution < 1.29 is 4.39 Å². The molecule has 0 heterocycles. The van der Waals surface area contributed by atoms with Crippen LogP contribution in [0.15, 0.2) is 42.5 Å². The van der Waals surface area contributed by atoms with Gasteiger partial charge in [-0.25, -0.2) is 4.39 Å². The lowest BCUT2D eigenvalue weighted by Gasteiger charge is -2.12.